The lowest BCUT2D eigenvalue weighted by molar-refractivity contribution is -0.129. The van der Waals surface area contributed by atoms with Gasteiger partial charge in [0.15, 0.2) is 6.04 Å². The number of aliphatic imine (C=N–C) groups is 1. The van der Waals surface area contributed by atoms with Crippen LogP contribution in [0.4, 0.5) is 0 Å². The Bertz CT molecular complexity index is 763. The van der Waals surface area contributed by atoms with Gasteiger partial charge < -0.3 is 15.7 Å². The number of carbonyl (C=O) groups excluding carboxylic acids is 2. The Balaban J connectivity index is 1.96. The van der Waals surface area contributed by atoms with Gasteiger partial charge in [-0.25, -0.2) is 4.68 Å². The highest BCUT2D eigenvalue weighted by Crippen LogP contribution is 2.12. The predicted octanol–water partition coefficient (Wildman–Crippen LogP) is 0.332. The molecule has 0 fully saturated rings. The Morgan fingerprint density at radius 3 is 2.78 bits per heavy atom. The number of amides is 2. The van der Waals surface area contributed by atoms with E-state index >= 15 is 0 Å². The summed E-state index contributed by atoms with van der Waals surface area (Å²) in [5, 5.41) is 22.5. The molecule has 0 spiro atoms. The first-order valence-corrected chi connectivity index (χ1v) is 8.87. The molecule has 9 heteroatoms. The fourth-order valence-electron chi connectivity index (χ4n) is 2.26. The molecule has 0 aliphatic carbocycles. The molecule has 0 saturated heterocycles. The van der Waals surface area contributed by atoms with E-state index in [-0.39, 0.29) is 30.9 Å². The van der Waals surface area contributed by atoms with E-state index in [0.717, 1.165) is 5.57 Å². The maximum atomic E-state index is 12.6. The summed E-state index contributed by atoms with van der Waals surface area (Å²) in [6, 6.07) is -0.830. The minimum Gasteiger partial charge on any atom is -0.392 e. The van der Waals surface area contributed by atoms with Crippen LogP contribution in [0, 0.1) is 5.92 Å². The van der Waals surface area contributed by atoms with Gasteiger partial charge in [-0.05, 0) is 6.92 Å². The van der Waals surface area contributed by atoms with Crippen LogP contribution in [0.25, 0.3) is 0 Å². The van der Waals surface area contributed by atoms with E-state index in [4.69, 9.17) is 5.11 Å². The molecule has 0 radical (unpaired) electrons. The van der Waals surface area contributed by atoms with Crippen LogP contribution < -0.4 is 10.6 Å². The van der Waals surface area contributed by atoms with Crippen molar-refractivity contribution in [3.05, 3.63) is 35.3 Å². The number of aliphatic hydroxyl groups is 1. The predicted molar refractivity (Wildman–Crippen MR) is 101 cm³/mol. The van der Waals surface area contributed by atoms with Crippen molar-refractivity contribution in [3.63, 3.8) is 0 Å². The summed E-state index contributed by atoms with van der Waals surface area (Å²) < 4.78 is 1.61. The van der Waals surface area contributed by atoms with Gasteiger partial charge in [0.05, 0.1) is 31.6 Å². The molecule has 1 aromatic heterocycles. The van der Waals surface area contributed by atoms with E-state index < -0.39 is 6.04 Å². The third-order valence-corrected chi connectivity index (χ3v) is 3.95. The number of nitrogens with zero attached hydrogens (tertiary/aromatic N) is 4. The molecule has 146 valence electrons. The van der Waals surface area contributed by atoms with Gasteiger partial charge in [-0.1, -0.05) is 36.8 Å². The molecular formula is C18H26N6O3. The van der Waals surface area contributed by atoms with E-state index in [1.54, 1.807) is 30.9 Å². The Morgan fingerprint density at radius 1 is 1.37 bits per heavy atom. The SMILES string of the molecule is C/C(=C/Cn1cc(CNC(=O)C(NC(=O)C(C)C)C2=CCC=N2)nn1)CO. The van der Waals surface area contributed by atoms with E-state index in [2.05, 4.69) is 25.9 Å². The zero-order valence-electron chi connectivity index (χ0n) is 15.8. The van der Waals surface area contributed by atoms with Crippen molar-refractivity contribution in [2.75, 3.05) is 6.61 Å². The number of nitrogens with one attached hydrogen (secondary N) is 2. The highest BCUT2D eigenvalue weighted by Gasteiger charge is 2.26. The van der Waals surface area contributed by atoms with Gasteiger partial charge in [0.1, 0.15) is 5.69 Å². The fraction of sp³-hybridized carbons (Fsp3) is 0.500. The second-order valence-corrected chi connectivity index (χ2v) is 6.63. The van der Waals surface area contributed by atoms with Crippen LogP contribution in [0.2, 0.25) is 0 Å². The first kappa shape index (κ1) is 20.5. The maximum Gasteiger partial charge on any atom is 0.249 e. The molecule has 27 heavy (non-hydrogen) atoms. The Hall–Kier alpha value is -2.81. The van der Waals surface area contributed by atoms with Crippen LogP contribution >= 0.6 is 0 Å². The molecule has 2 heterocycles. The van der Waals surface area contributed by atoms with Crippen molar-refractivity contribution in [2.24, 2.45) is 10.9 Å². The molecule has 2 rings (SSSR count). The zero-order chi connectivity index (χ0) is 19.8. The van der Waals surface area contributed by atoms with Gasteiger partial charge >= 0.3 is 0 Å². The van der Waals surface area contributed by atoms with Gasteiger partial charge in [-0.3, -0.25) is 14.6 Å². The lowest BCUT2D eigenvalue weighted by atomic mass is 10.1. The number of hydrogen-bond acceptors (Lipinski definition) is 6. The van der Waals surface area contributed by atoms with Gasteiger partial charge in [-0.15, -0.1) is 5.10 Å². The Kier molecular flexibility index (Phi) is 7.42. The third-order valence-electron chi connectivity index (χ3n) is 3.95. The highest BCUT2D eigenvalue weighted by molar-refractivity contribution is 5.91. The molecule has 1 atom stereocenters. The Labute approximate surface area is 158 Å². The van der Waals surface area contributed by atoms with Crippen LogP contribution in [-0.4, -0.2) is 50.8 Å². The lowest BCUT2D eigenvalue weighted by Crippen LogP contribution is -2.48. The van der Waals surface area contributed by atoms with Crippen molar-refractivity contribution in [1.29, 1.82) is 0 Å². The first-order chi connectivity index (χ1) is 12.9. The number of rotatable bonds is 9. The van der Waals surface area contributed by atoms with Crippen molar-refractivity contribution in [2.45, 2.75) is 46.3 Å². The molecule has 3 N–H and O–H groups in total. The molecule has 9 nitrogen and oxygen atoms in total. The number of hydrogen-bond donors (Lipinski definition) is 3. The van der Waals surface area contributed by atoms with E-state index in [1.807, 2.05) is 19.1 Å². The monoisotopic (exact) mass is 374 g/mol. The maximum absolute atomic E-state index is 12.6. The van der Waals surface area contributed by atoms with Crippen molar-refractivity contribution >= 4 is 18.0 Å². The summed E-state index contributed by atoms with van der Waals surface area (Å²) in [5.41, 5.74) is 1.97. The molecule has 1 aliphatic heterocycles. The highest BCUT2D eigenvalue weighted by atomic mass is 16.3. The van der Waals surface area contributed by atoms with Crippen LogP contribution in [-0.2, 0) is 22.7 Å². The number of carbonyl (C=O) groups is 2. The molecule has 2 amide bonds. The van der Waals surface area contributed by atoms with Crippen LogP contribution in [0.3, 0.4) is 0 Å². The number of aromatic nitrogens is 3. The minimum absolute atomic E-state index is 0.000565. The standard InChI is InChI=1S/C18H26N6O3/c1-12(2)17(26)21-16(15-5-4-7-19-15)18(27)20-9-14-10-24(23-22-14)8-6-13(3)11-25/h5-7,10,12,16,25H,4,8-9,11H2,1-3H3,(H,20,27)(H,21,26)/b13-6-. The van der Waals surface area contributed by atoms with Crippen LogP contribution in [0.1, 0.15) is 32.9 Å². The van der Waals surface area contributed by atoms with Gasteiger partial charge in [0, 0.05) is 18.6 Å². The van der Waals surface area contributed by atoms with Gasteiger partial charge in [-0.2, -0.15) is 0 Å². The average Bonchev–Trinajstić information content (AvgIpc) is 3.33. The Morgan fingerprint density at radius 2 is 2.15 bits per heavy atom. The molecular weight excluding hydrogens is 348 g/mol. The van der Waals surface area contributed by atoms with Crippen molar-refractivity contribution in [3.8, 4) is 0 Å². The second kappa shape index (κ2) is 9.77. The molecule has 1 aliphatic rings. The summed E-state index contributed by atoms with van der Waals surface area (Å²) in [6.45, 7) is 6.03. The number of aliphatic hydroxyl groups excluding tert-OH is 1. The summed E-state index contributed by atoms with van der Waals surface area (Å²) in [4.78, 5) is 28.8. The molecule has 0 saturated carbocycles. The summed E-state index contributed by atoms with van der Waals surface area (Å²) in [7, 11) is 0. The normalized spacial score (nSPS) is 15.0. The van der Waals surface area contributed by atoms with E-state index in [0.29, 0.717) is 24.4 Å². The third kappa shape index (κ3) is 6.14. The van der Waals surface area contributed by atoms with E-state index in [9.17, 15) is 9.59 Å². The summed E-state index contributed by atoms with van der Waals surface area (Å²) in [6.07, 6.45) is 7.72. The first-order valence-electron chi connectivity index (χ1n) is 8.87. The topological polar surface area (TPSA) is 122 Å². The van der Waals surface area contributed by atoms with Gasteiger partial charge in [0.25, 0.3) is 0 Å². The molecule has 0 bridgehead atoms. The zero-order valence-corrected chi connectivity index (χ0v) is 15.8. The largest absolute Gasteiger partial charge is 0.392 e. The molecule has 1 aromatic rings. The second-order valence-electron chi connectivity index (χ2n) is 6.63. The number of allylic oxidation sites excluding steroid dienone is 2. The summed E-state index contributed by atoms with van der Waals surface area (Å²) in [5.74, 6) is -0.795. The van der Waals surface area contributed by atoms with Crippen molar-refractivity contribution in [1.82, 2.24) is 25.6 Å². The fourth-order valence-corrected chi connectivity index (χ4v) is 2.26. The minimum atomic E-state index is -0.830. The van der Waals surface area contributed by atoms with Gasteiger partial charge in [0.2, 0.25) is 11.8 Å². The molecule has 0 aromatic carbocycles. The lowest BCUT2D eigenvalue weighted by Gasteiger charge is -2.19. The van der Waals surface area contributed by atoms with Crippen LogP contribution in [0.5, 0.6) is 0 Å². The average molecular weight is 374 g/mol. The smallest absolute Gasteiger partial charge is 0.249 e. The molecule has 1 unspecified atom stereocenters. The quantitative estimate of drug-likeness (QED) is 0.538. The van der Waals surface area contributed by atoms with E-state index in [1.165, 1.54) is 0 Å². The van der Waals surface area contributed by atoms with Crippen molar-refractivity contribution < 1.29 is 14.7 Å². The van der Waals surface area contributed by atoms with Crippen LogP contribution in [0.15, 0.2) is 34.6 Å². The summed E-state index contributed by atoms with van der Waals surface area (Å²) >= 11 is 0.